The molecule has 1 saturated heterocycles. The Bertz CT molecular complexity index is 167. The Hall–Kier alpha value is -0.570. The van der Waals surface area contributed by atoms with Gasteiger partial charge in [-0.05, 0) is 18.3 Å². The van der Waals surface area contributed by atoms with Crippen molar-refractivity contribution < 1.29 is 9.90 Å². The summed E-state index contributed by atoms with van der Waals surface area (Å²) in [4.78, 5) is 10.4. The molecule has 0 bridgehead atoms. The summed E-state index contributed by atoms with van der Waals surface area (Å²) in [7, 11) is 0. The molecule has 0 unspecified atom stereocenters. The van der Waals surface area contributed by atoms with Crippen molar-refractivity contribution in [2.75, 3.05) is 13.1 Å². The fraction of sp³-hybridized carbons (Fsp3) is 0.889. The summed E-state index contributed by atoms with van der Waals surface area (Å²) in [5, 5.41) is 11.7. The van der Waals surface area contributed by atoms with Gasteiger partial charge in [0.2, 0.25) is 0 Å². The van der Waals surface area contributed by atoms with Crippen LogP contribution in [0.2, 0.25) is 0 Å². The zero-order chi connectivity index (χ0) is 9.19. The van der Waals surface area contributed by atoms with E-state index in [-0.39, 0.29) is 5.92 Å². The summed E-state index contributed by atoms with van der Waals surface area (Å²) in [5.41, 5.74) is 0.406. The number of carbonyl (C=O) groups is 1. The van der Waals surface area contributed by atoms with E-state index in [1.807, 2.05) is 13.8 Å². The van der Waals surface area contributed by atoms with Gasteiger partial charge in [-0.2, -0.15) is 0 Å². The number of hydrogen-bond acceptors (Lipinski definition) is 2. The topological polar surface area (TPSA) is 49.3 Å². The van der Waals surface area contributed by atoms with Crippen LogP contribution >= 0.6 is 0 Å². The third kappa shape index (κ3) is 1.46. The highest BCUT2D eigenvalue weighted by atomic mass is 16.4. The van der Waals surface area contributed by atoms with E-state index >= 15 is 0 Å². The van der Waals surface area contributed by atoms with E-state index in [0.717, 1.165) is 25.9 Å². The van der Waals surface area contributed by atoms with Crippen molar-refractivity contribution >= 4 is 5.97 Å². The molecular weight excluding hydrogens is 154 g/mol. The SMILES string of the molecule is CC.O=C(O)C1CC2(CNC2)C1. The Labute approximate surface area is 73.2 Å². The molecule has 1 aliphatic heterocycles. The van der Waals surface area contributed by atoms with Crippen LogP contribution in [0.15, 0.2) is 0 Å². The van der Waals surface area contributed by atoms with E-state index < -0.39 is 5.97 Å². The first-order chi connectivity index (χ1) is 5.72. The molecule has 1 heterocycles. The van der Waals surface area contributed by atoms with Crippen LogP contribution in [0.25, 0.3) is 0 Å². The van der Waals surface area contributed by atoms with Crippen molar-refractivity contribution in [3.63, 3.8) is 0 Å². The molecule has 1 aliphatic carbocycles. The molecule has 2 rings (SSSR count). The summed E-state index contributed by atoms with van der Waals surface area (Å²) < 4.78 is 0. The van der Waals surface area contributed by atoms with Crippen molar-refractivity contribution in [1.82, 2.24) is 5.32 Å². The number of hydrogen-bond donors (Lipinski definition) is 2. The first kappa shape index (κ1) is 9.52. The highest BCUT2D eigenvalue weighted by molar-refractivity contribution is 5.71. The number of aliphatic carboxylic acids is 1. The van der Waals surface area contributed by atoms with Gasteiger partial charge in [0.1, 0.15) is 0 Å². The van der Waals surface area contributed by atoms with Gasteiger partial charge in [-0.15, -0.1) is 0 Å². The molecule has 0 amide bonds. The molecule has 12 heavy (non-hydrogen) atoms. The minimum atomic E-state index is -0.613. The molecule has 0 aromatic rings. The minimum Gasteiger partial charge on any atom is -0.481 e. The van der Waals surface area contributed by atoms with Gasteiger partial charge in [-0.3, -0.25) is 4.79 Å². The lowest BCUT2D eigenvalue weighted by Gasteiger charge is -2.52. The molecular formula is C9H17NO2. The number of carboxylic acid groups (broad SMARTS) is 1. The van der Waals surface area contributed by atoms with E-state index in [4.69, 9.17) is 5.11 Å². The zero-order valence-electron chi connectivity index (χ0n) is 7.76. The van der Waals surface area contributed by atoms with Crippen LogP contribution in [0.5, 0.6) is 0 Å². The average molecular weight is 171 g/mol. The standard InChI is InChI=1S/C7H11NO2.C2H6/c9-6(10)5-1-7(2-5)3-8-4-7;1-2/h5,8H,1-4H2,(H,9,10);1-2H3. The Balaban J connectivity index is 0.000000336. The molecule has 3 nitrogen and oxygen atoms in total. The maximum absolute atomic E-state index is 10.4. The van der Waals surface area contributed by atoms with Gasteiger partial charge in [0.25, 0.3) is 0 Å². The highest BCUT2D eigenvalue weighted by Gasteiger charge is 2.50. The first-order valence-corrected chi connectivity index (χ1v) is 4.65. The van der Waals surface area contributed by atoms with E-state index in [1.54, 1.807) is 0 Å². The van der Waals surface area contributed by atoms with E-state index in [1.165, 1.54) is 0 Å². The quantitative estimate of drug-likeness (QED) is 0.621. The van der Waals surface area contributed by atoms with Crippen LogP contribution in [-0.4, -0.2) is 24.2 Å². The van der Waals surface area contributed by atoms with Gasteiger partial charge in [-0.25, -0.2) is 0 Å². The van der Waals surface area contributed by atoms with Crippen molar-refractivity contribution in [3.05, 3.63) is 0 Å². The Morgan fingerprint density at radius 2 is 1.92 bits per heavy atom. The lowest BCUT2D eigenvalue weighted by Crippen LogP contribution is -2.61. The van der Waals surface area contributed by atoms with Gasteiger partial charge in [0.05, 0.1) is 5.92 Å². The van der Waals surface area contributed by atoms with Crippen LogP contribution in [0.3, 0.4) is 0 Å². The molecule has 0 radical (unpaired) electrons. The van der Waals surface area contributed by atoms with Gasteiger partial charge in [0.15, 0.2) is 0 Å². The number of rotatable bonds is 1. The summed E-state index contributed by atoms with van der Waals surface area (Å²) >= 11 is 0. The number of nitrogens with one attached hydrogen (secondary N) is 1. The van der Waals surface area contributed by atoms with Crippen LogP contribution in [0.1, 0.15) is 26.7 Å². The molecule has 2 aliphatic rings. The van der Waals surface area contributed by atoms with Gasteiger partial charge >= 0.3 is 5.97 Å². The largest absolute Gasteiger partial charge is 0.481 e. The molecule has 2 fully saturated rings. The fourth-order valence-corrected chi connectivity index (χ4v) is 1.93. The fourth-order valence-electron chi connectivity index (χ4n) is 1.93. The lowest BCUT2D eigenvalue weighted by molar-refractivity contribution is -0.152. The molecule has 0 aromatic heterocycles. The summed E-state index contributed by atoms with van der Waals surface area (Å²) in [6.45, 7) is 6.08. The minimum absolute atomic E-state index is 0.0397. The van der Waals surface area contributed by atoms with Crippen LogP contribution < -0.4 is 5.32 Å². The average Bonchev–Trinajstić information content (AvgIpc) is 1.85. The second-order valence-corrected chi connectivity index (χ2v) is 3.55. The van der Waals surface area contributed by atoms with Crippen LogP contribution in [0.4, 0.5) is 0 Å². The molecule has 3 heteroatoms. The maximum atomic E-state index is 10.4. The molecule has 0 aromatic carbocycles. The molecule has 1 saturated carbocycles. The highest BCUT2D eigenvalue weighted by Crippen LogP contribution is 2.48. The van der Waals surface area contributed by atoms with Crippen LogP contribution in [-0.2, 0) is 4.79 Å². The smallest absolute Gasteiger partial charge is 0.306 e. The summed E-state index contributed by atoms with van der Waals surface area (Å²) in [6, 6.07) is 0. The van der Waals surface area contributed by atoms with Crippen LogP contribution in [0, 0.1) is 11.3 Å². The molecule has 2 N–H and O–H groups in total. The van der Waals surface area contributed by atoms with Gasteiger partial charge in [-0.1, -0.05) is 13.8 Å². The third-order valence-electron chi connectivity index (χ3n) is 2.71. The van der Waals surface area contributed by atoms with Crippen molar-refractivity contribution in [2.24, 2.45) is 11.3 Å². The summed E-state index contributed by atoms with van der Waals surface area (Å²) in [5.74, 6) is -0.653. The molecule has 70 valence electrons. The van der Waals surface area contributed by atoms with Gasteiger partial charge in [0, 0.05) is 13.1 Å². The van der Waals surface area contributed by atoms with Crippen molar-refractivity contribution in [1.29, 1.82) is 0 Å². The summed E-state index contributed by atoms with van der Waals surface area (Å²) in [6.07, 6.45) is 1.80. The van der Waals surface area contributed by atoms with E-state index in [2.05, 4.69) is 5.32 Å². The first-order valence-electron chi connectivity index (χ1n) is 4.65. The Morgan fingerprint density at radius 1 is 1.42 bits per heavy atom. The zero-order valence-corrected chi connectivity index (χ0v) is 7.76. The Morgan fingerprint density at radius 3 is 2.17 bits per heavy atom. The maximum Gasteiger partial charge on any atom is 0.306 e. The second kappa shape index (κ2) is 3.44. The van der Waals surface area contributed by atoms with Crippen molar-refractivity contribution in [2.45, 2.75) is 26.7 Å². The van der Waals surface area contributed by atoms with Crippen molar-refractivity contribution in [3.8, 4) is 0 Å². The lowest BCUT2D eigenvalue weighted by atomic mass is 9.59. The van der Waals surface area contributed by atoms with E-state index in [0.29, 0.717) is 5.41 Å². The molecule has 0 atom stereocenters. The predicted molar refractivity (Wildman–Crippen MR) is 47.0 cm³/mol. The van der Waals surface area contributed by atoms with Gasteiger partial charge < -0.3 is 10.4 Å². The monoisotopic (exact) mass is 171 g/mol. The molecule has 1 spiro atoms. The Kier molecular flexibility index (Phi) is 2.73. The number of carboxylic acids is 1. The predicted octanol–water partition coefficient (Wildman–Crippen LogP) is 1.10. The second-order valence-electron chi connectivity index (χ2n) is 3.55. The normalized spacial score (nSPS) is 24.8. The van der Waals surface area contributed by atoms with E-state index in [9.17, 15) is 4.79 Å². The third-order valence-corrected chi connectivity index (χ3v) is 2.71.